The second-order valence-corrected chi connectivity index (χ2v) is 4.15. The number of Topliss-reactive ketones (excluding diaryl/α,β-unsaturated/α-hetero) is 1. The maximum absolute atomic E-state index is 11.9. The maximum Gasteiger partial charge on any atom is 0.144 e. The van der Waals surface area contributed by atoms with Crippen LogP contribution in [0.2, 0.25) is 0 Å². The SMILES string of the molecule is CCCn1ncnc1CC(=O)Cc1ccncc1. The summed E-state index contributed by atoms with van der Waals surface area (Å²) in [6, 6.07) is 3.71. The minimum atomic E-state index is 0.145. The first-order chi connectivity index (χ1) is 8.79. The molecule has 18 heavy (non-hydrogen) atoms. The van der Waals surface area contributed by atoms with E-state index in [1.54, 1.807) is 17.1 Å². The zero-order valence-electron chi connectivity index (χ0n) is 10.4. The molecule has 2 aromatic heterocycles. The summed E-state index contributed by atoms with van der Waals surface area (Å²) >= 11 is 0. The fourth-order valence-corrected chi connectivity index (χ4v) is 1.79. The molecule has 0 N–H and O–H groups in total. The van der Waals surface area contributed by atoms with Crippen LogP contribution in [0.5, 0.6) is 0 Å². The molecular formula is C13H16N4O. The monoisotopic (exact) mass is 244 g/mol. The van der Waals surface area contributed by atoms with Crippen LogP contribution in [0.1, 0.15) is 24.7 Å². The highest BCUT2D eigenvalue weighted by Crippen LogP contribution is 2.03. The summed E-state index contributed by atoms with van der Waals surface area (Å²) in [5.74, 6) is 0.891. The van der Waals surface area contributed by atoms with Crippen LogP contribution in [0.15, 0.2) is 30.9 Å². The van der Waals surface area contributed by atoms with Crippen LogP contribution in [0.25, 0.3) is 0 Å². The van der Waals surface area contributed by atoms with Gasteiger partial charge in [-0.15, -0.1) is 0 Å². The topological polar surface area (TPSA) is 60.7 Å². The lowest BCUT2D eigenvalue weighted by Gasteiger charge is -2.04. The minimum Gasteiger partial charge on any atom is -0.299 e. The Morgan fingerprint density at radius 1 is 1.28 bits per heavy atom. The average molecular weight is 244 g/mol. The number of hydrogen-bond donors (Lipinski definition) is 0. The predicted octanol–water partition coefficient (Wildman–Crippen LogP) is 1.44. The molecule has 0 saturated heterocycles. The van der Waals surface area contributed by atoms with Crippen molar-refractivity contribution in [2.24, 2.45) is 0 Å². The molecule has 0 aliphatic heterocycles. The van der Waals surface area contributed by atoms with Gasteiger partial charge in [-0.25, -0.2) is 9.67 Å². The number of nitrogens with zero attached hydrogens (tertiary/aromatic N) is 4. The Hall–Kier alpha value is -2.04. The maximum atomic E-state index is 11.9. The van der Waals surface area contributed by atoms with E-state index >= 15 is 0 Å². The van der Waals surface area contributed by atoms with E-state index in [0.29, 0.717) is 12.8 Å². The van der Waals surface area contributed by atoms with Crippen molar-refractivity contribution in [2.75, 3.05) is 0 Å². The van der Waals surface area contributed by atoms with Gasteiger partial charge < -0.3 is 0 Å². The van der Waals surface area contributed by atoms with Gasteiger partial charge in [-0.3, -0.25) is 9.78 Å². The molecule has 0 fully saturated rings. The van der Waals surface area contributed by atoms with Gasteiger partial charge in [-0.1, -0.05) is 6.92 Å². The van der Waals surface area contributed by atoms with Gasteiger partial charge in [0.1, 0.15) is 17.9 Å². The molecule has 0 bridgehead atoms. The van der Waals surface area contributed by atoms with E-state index in [0.717, 1.165) is 24.4 Å². The van der Waals surface area contributed by atoms with E-state index in [9.17, 15) is 4.79 Å². The number of ketones is 1. The summed E-state index contributed by atoms with van der Waals surface area (Å²) in [4.78, 5) is 20.0. The molecule has 5 nitrogen and oxygen atoms in total. The zero-order chi connectivity index (χ0) is 12.8. The molecule has 0 saturated carbocycles. The molecule has 0 atom stereocenters. The summed E-state index contributed by atoms with van der Waals surface area (Å²) in [6.07, 6.45) is 6.63. The quantitative estimate of drug-likeness (QED) is 0.771. The molecule has 0 amide bonds. The number of aromatic nitrogens is 4. The first-order valence-corrected chi connectivity index (χ1v) is 6.07. The van der Waals surface area contributed by atoms with Gasteiger partial charge in [-0.2, -0.15) is 5.10 Å². The largest absolute Gasteiger partial charge is 0.299 e. The van der Waals surface area contributed by atoms with Crippen LogP contribution in [0, 0.1) is 0 Å². The van der Waals surface area contributed by atoms with Crippen LogP contribution in [-0.2, 0) is 24.2 Å². The van der Waals surface area contributed by atoms with Gasteiger partial charge in [0.05, 0.1) is 6.42 Å². The van der Waals surface area contributed by atoms with E-state index in [4.69, 9.17) is 0 Å². The Balaban J connectivity index is 1.97. The van der Waals surface area contributed by atoms with Gasteiger partial charge in [0, 0.05) is 25.4 Å². The number of rotatable bonds is 6. The van der Waals surface area contributed by atoms with Crippen molar-refractivity contribution in [3.8, 4) is 0 Å². The van der Waals surface area contributed by atoms with Crippen LogP contribution >= 0.6 is 0 Å². The fraction of sp³-hybridized carbons (Fsp3) is 0.385. The van der Waals surface area contributed by atoms with Gasteiger partial charge in [0.25, 0.3) is 0 Å². The van der Waals surface area contributed by atoms with Crippen LogP contribution < -0.4 is 0 Å². The Kier molecular flexibility index (Phi) is 4.17. The highest BCUT2D eigenvalue weighted by Gasteiger charge is 2.10. The molecule has 2 heterocycles. The van der Waals surface area contributed by atoms with E-state index in [2.05, 4.69) is 22.0 Å². The first-order valence-electron chi connectivity index (χ1n) is 6.07. The molecule has 2 rings (SSSR count). The molecule has 0 aromatic carbocycles. The average Bonchev–Trinajstić information content (AvgIpc) is 2.78. The Labute approximate surface area is 106 Å². The Bertz CT molecular complexity index is 507. The first kappa shape index (κ1) is 12.4. The third-order valence-corrected chi connectivity index (χ3v) is 2.64. The number of pyridine rings is 1. The lowest BCUT2D eigenvalue weighted by Crippen LogP contribution is -2.13. The standard InChI is InChI=1S/C13H16N4O/c1-2-7-17-13(15-10-16-17)9-12(18)8-11-3-5-14-6-4-11/h3-6,10H,2,7-9H2,1H3. The van der Waals surface area contributed by atoms with Crippen molar-refractivity contribution in [1.82, 2.24) is 19.7 Å². The molecule has 0 aliphatic rings. The number of aryl methyl sites for hydroxylation is 1. The third kappa shape index (κ3) is 3.23. The summed E-state index contributed by atoms with van der Waals surface area (Å²) in [7, 11) is 0. The normalized spacial score (nSPS) is 10.5. The van der Waals surface area contributed by atoms with E-state index in [-0.39, 0.29) is 5.78 Å². The van der Waals surface area contributed by atoms with Gasteiger partial charge in [0.15, 0.2) is 0 Å². The molecule has 0 spiro atoms. The number of carbonyl (C=O) groups is 1. The highest BCUT2D eigenvalue weighted by molar-refractivity contribution is 5.82. The number of carbonyl (C=O) groups excluding carboxylic acids is 1. The molecular weight excluding hydrogens is 228 g/mol. The summed E-state index contributed by atoms with van der Waals surface area (Å²) < 4.78 is 1.80. The van der Waals surface area contributed by atoms with Crippen molar-refractivity contribution in [3.63, 3.8) is 0 Å². The predicted molar refractivity (Wildman–Crippen MR) is 67.0 cm³/mol. The van der Waals surface area contributed by atoms with Crippen molar-refractivity contribution < 1.29 is 4.79 Å². The lowest BCUT2D eigenvalue weighted by atomic mass is 10.1. The van der Waals surface area contributed by atoms with Gasteiger partial charge >= 0.3 is 0 Å². The molecule has 94 valence electrons. The molecule has 0 radical (unpaired) electrons. The third-order valence-electron chi connectivity index (χ3n) is 2.64. The zero-order valence-corrected chi connectivity index (χ0v) is 10.4. The van der Waals surface area contributed by atoms with Crippen molar-refractivity contribution in [1.29, 1.82) is 0 Å². The van der Waals surface area contributed by atoms with Crippen molar-refractivity contribution >= 4 is 5.78 Å². The minimum absolute atomic E-state index is 0.145. The van der Waals surface area contributed by atoms with Crippen LogP contribution in [0.3, 0.4) is 0 Å². The Morgan fingerprint density at radius 3 is 2.78 bits per heavy atom. The van der Waals surface area contributed by atoms with Gasteiger partial charge in [-0.05, 0) is 24.1 Å². The summed E-state index contributed by atoms with van der Waals surface area (Å²) in [5.41, 5.74) is 0.983. The Morgan fingerprint density at radius 2 is 2.06 bits per heavy atom. The lowest BCUT2D eigenvalue weighted by molar-refractivity contribution is -0.117. The summed E-state index contributed by atoms with van der Waals surface area (Å²) in [5, 5.41) is 4.11. The second kappa shape index (κ2) is 6.05. The molecule has 0 unspecified atom stereocenters. The van der Waals surface area contributed by atoms with Crippen LogP contribution in [0.4, 0.5) is 0 Å². The number of hydrogen-bond acceptors (Lipinski definition) is 4. The second-order valence-electron chi connectivity index (χ2n) is 4.15. The van der Waals surface area contributed by atoms with Crippen molar-refractivity contribution in [2.45, 2.75) is 32.7 Å². The molecule has 5 heteroatoms. The van der Waals surface area contributed by atoms with E-state index in [1.165, 1.54) is 6.33 Å². The molecule has 2 aromatic rings. The van der Waals surface area contributed by atoms with E-state index < -0.39 is 0 Å². The smallest absolute Gasteiger partial charge is 0.144 e. The van der Waals surface area contributed by atoms with E-state index in [1.807, 2.05) is 12.1 Å². The van der Waals surface area contributed by atoms with Crippen molar-refractivity contribution in [3.05, 3.63) is 42.2 Å². The highest BCUT2D eigenvalue weighted by atomic mass is 16.1. The fourth-order valence-electron chi connectivity index (χ4n) is 1.79. The molecule has 0 aliphatic carbocycles. The van der Waals surface area contributed by atoms with Crippen LogP contribution in [-0.4, -0.2) is 25.5 Å². The van der Waals surface area contributed by atoms with Gasteiger partial charge in [0.2, 0.25) is 0 Å². The summed E-state index contributed by atoms with van der Waals surface area (Å²) in [6.45, 7) is 2.88.